The largest absolute Gasteiger partial charge is 0.444 e. The Hall–Kier alpha value is -3.55. The maximum Gasteiger partial charge on any atom is 0.412 e. The summed E-state index contributed by atoms with van der Waals surface area (Å²) in [5.74, 6) is -0.0703. The highest BCUT2D eigenvalue weighted by atomic mass is 16.6. The molecule has 8 nitrogen and oxygen atoms in total. The molecule has 0 bridgehead atoms. The smallest absolute Gasteiger partial charge is 0.412 e. The number of nitrogens with one attached hydrogen (secondary N) is 3. The first-order chi connectivity index (χ1) is 16.6. The minimum Gasteiger partial charge on any atom is -0.444 e. The Bertz CT molecular complexity index is 1000. The maximum absolute atomic E-state index is 12.6. The molecule has 0 aliphatic rings. The van der Waals surface area contributed by atoms with E-state index in [-0.39, 0.29) is 19.1 Å². The van der Waals surface area contributed by atoms with Crippen LogP contribution in [0.3, 0.4) is 0 Å². The van der Waals surface area contributed by atoms with Crippen molar-refractivity contribution < 1.29 is 23.9 Å². The van der Waals surface area contributed by atoms with Gasteiger partial charge in [-0.3, -0.25) is 15.4 Å². The first-order valence-corrected chi connectivity index (χ1v) is 12.0. The van der Waals surface area contributed by atoms with Crippen LogP contribution in [0, 0.1) is 6.92 Å². The van der Waals surface area contributed by atoms with E-state index in [1.54, 1.807) is 33.8 Å². The predicted molar refractivity (Wildman–Crippen MR) is 137 cm³/mol. The summed E-state index contributed by atoms with van der Waals surface area (Å²) in [6.45, 7) is 9.47. The van der Waals surface area contributed by atoms with Gasteiger partial charge in [-0.05, 0) is 50.8 Å². The quantitative estimate of drug-likeness (QED) is 0.345. The average molecular weight is 484 g/mol. The number of ether oxygens (including phenoxy) is 2. The average Bonchev–Trinajstić information content (AvgIpc) is 2.79. The summed E-state index contributed by atoms with van der Waals surface area (Å²) in [4.78, 5) is 37.4. The van der Waals surface area contributed by atoms with Crippen LogP contribution < -0.4 is 16.0 Å². The Kier molecular flexibility index (Phi) is 10.6. The lowest BCUT2D eigenvalue weighted by Crippen LogP contribution is -2.29. The molecular weight excluding hydrogens is 446 g/mol. The molecule has 0 aliphatic heterocycles. The minimum atomic E-state index is -0.705. The van der Waals surface area contributed by atoms with Crippen LogP contribution in [0.2, 0.25) is 0 Å². The van der Waals surface area contributed by atoms with Gasteiger partial charge in [0.15, 0.2) is 0 Å². The highest BCUT2D eigenvalue weighted by Gasteiger charge is 2.21. The van der Waals surface area contributed by atoms with Crippen LogP contribution in [0.5, 0.6) is 0 Å². The van der Waals surface area contributed by atoms with E-state index < -0.39 is 17.8 Å². The molecule has 0 radical (unpaired) electrons. The number of anilines is 2. The van der Waals surface area contributed by atoms with Crippen molar-refractivity contribution >= 4 is 29.5 Å². The van der Waals surface area contributed by atoms with E-state index in [1.807, 2.05) is 36.4 Å². The van der Waals surface area contributed by atoms with Crippen molar-refractivity contribution in [2.45, 2.75) is 79.1 Å². The lowest BCUT2D eigenvalue weighted by Gasteiger charge is -2.23. The van der Waals surface area contributed by atoms with Gasteiger partial charge < -0.3 is 14.8 Å². The third kappa shape index (κ3) is 10.1. The van der Waals surface area contributed by atoms with E-state index in [2.05, 4.69) is 22.9 Å². The third-order valence-corrected chi connectivity index (χ3v) is 5.05. The van der Waals surface area contributed by atoms with E-state index in [0.29, 0.717) is 28.9 Å². The fourth-order valence-electron chi connectivity index (χ4n) is 3.29. The number of unbranched alkanes of at least 4 members (excludes halogenated alkanes) is 2. The fraction of sp³-hybridized carbons (Fsp3) is 0.444. The van der Waals surface area contributed by atoms with Gasteiger partial charge in [-0.2, -0.15) is 0 Å². The molecule has 0 aromatic heterocycles. The maximum atomic E-state index is 12.6. The number of carbonyl (C=O) groups is 3. The Morgan fingerprint density at radius 2 is 1.57 bits per heavy atom. The van der Waals surface area contributed by atoms with Crippen molar-refractivity contribution in [1.82, 2.24) is 5.32 Å². The molecule has 190 valence electrons. The van der Waals surface area contributed by atoms with Crippen LogP contribution in [-0.4, -0.2) is 23.7 Å². The third-order valence-electron chi connectivity index (χ3n) is 5.05. The van der Waals surface area contributed by atoms with Crippen molar-refractivity contribution in [3.05, 3.63) is 59.2 Å². The molecule has 0 saturated heterocycles. The van der Waals surface area contributed by atoms with Gasteiger partial charge in [0.25, 0.3) is 0 Å². The number of hydrogen-bond acceptors (Lipinski definition) is 5. The minimum absolute atomic E-state index is 0.0703. The number of amides is 3. The van der Waals surface area contributed by atoms with Gasteiger partial charge >= 0.3 is 12.2 Å². The molecule has 2 aromatic carbocycles. The fourth-order valence-corrected chi connectivity index (χ4v) is 3.29. The van der Waals surface area contributed by atoms with E-state index in [1.165, 1.54) is 0 Å². The first kappa shape index (κ1) is 27.7. The summed E-state index contributed by atoms with van der Waals surface area (Å²) in [6.07, 6.45) is 1.95. The SMILES string of the molecule is CCCCCC(=O)NCc1ccc(C)c(NC(=O)OCc2ccccc2)c1NC(=O)OC(C)(C)C. The Morgan fingerprint density at radius 3 is 2.23 bits per heavy atom. The van der Waals surface area contributed by atoms with Gasteiger partial charge in [-0.1, -0.05) is 62.2 Å². The summed E-state index contributed by atoms with van der Waals surface area (Å²) in [6, 6.07) is 12.9. The molecule has 0 saturated carbocycles. The standard InChI is InChI=1S/C27H37N3O5/c1-6-7-9-14-22(31)28-17-21-16-15-19(2)23(24(21)30-26(33)35-27(3,4)5)29-25(32)34-18-20-12-10-8-11-13-20/h8,10-13,15-16H,6-7,9,14,17-18H2,1-5H3,(H,28,31)(H,29,32)(H,30,33). The second kappa shape index (κ2) is 13.4. The predicted octanol–water partition coefficient (Wildman–Crippen LogP) is 6.29. The molecule has 0 aliphatic carbocycles. The van der Waals surface area contributed by atoms with Gasteiger partial charge in [0, 0.05) is 13.0 Å². The van der Waals surface area contributed by atoms with Crippen LogP contribution >= 0.6 is 0 Å². The number of aryl methyl sites for hydroxylation is 1. The molecule has 0 heterocycles. The monoisotopic (exact) mass is 483 g/mol. The number of rotatable bonds is 10. The summed E-state index contributed by atoms with van der Waals surface area (Å²) in [5.41, 5.74) is 2.22. The molecule has 3 amide bonds. The second-order valence-corrected chi connectivity index (χ2v) is 9.34. The lowest BCUT2D eigenvalue weighted by molar-refractivity contribution is -0.121. The van der Waals surface area contributed by atoms with E-state index in [0.717, 1.165) is 24.8 Å². The summed E-state index contributed by atoms with van der Waals surface area (Å²) >= 11 is 0. The molecule has 8 heteroatoms. The second-order valence-electron chi connectivity index (χ2n) is 9.34. The first-order valence-electron chi connectivity index (χ1n) is 12.0. The molecule has 2 rings (SSSR count). The van der Waals surface area contributed by atoms with Crippen molar-refractivity contribution in [2.24, 2.45) is 0 Å². The highest BCUT2D eigenvalue weighted by Crippen LogP contribution is 2.31. The normalized spacial score (nSPS) is 10.9. The molecule has 2 aromatic rings. The molecule has 3 N–H and O–H groups in total. The van der Waals surface area contributed by atoms with E-state index in [9.17, 15) is 14.4 Å². The van der Waals surface area contributed by atoms with Gasteiger partial charge in [0.1, 0.15) is 12.2 Å². The van der Waals surface area contributed by atoms with Crippen molar-refractivity contribution in [2.75, 3.05) is 10.6 Å². The van der Waals surface area contributed by atoms with Gasteiger partial charge in [-0.15, -0.1) is 0 Å². The van der Waals surface area contributed by atoms with Gasteiger partial charge in [-0.25, -0.2) is 9.59 Å². The molecular formula is C27H37N3O5. The van der Waals surface area contributed by atoms with Crippen LogP contribution in [0.1, 0.15) is 70.1 Å². The Labute approximate surface area is 207 Å². The van der Waals surface area contributed by atoms with Gasteiger partial charge in [0.2, 0.25) is 5.91 Å². The van der Waals surface area contributed by atoms with Crippen LogP contribution in [0.15, 0.2) is 42.5 Å². The van der Waals surface area contributed by atoms with Crippen molar-refractivity contribution in [3.8, 4) is 0 Å². The van der Waals surface area contributed by atoms with Gasteiger partial charge in [0.05, 0.1) is 11.4 Å². The zero-order valence-corrected chi connectivity index (χ0v) is 21.3. The van der Waals surface area contributed by atoms with Crippen LogP contribution in [0.25, 0.3) is 0 Å². The molecule has 0 atom stereocenters. The highest BCUT2D eigenvalue weighted by molar-refractivity contribution is 5.97. The van der Waals surface area contributed by atoms with Crippen LogP contribution in [0.4, 0.5) is 21.0 Å². The molecule has 0 spiro atoms. The molecule has 0 unspecified atom stereocenters. The lowest BCUT2D eigenvalue weighted by atomic mass is 10.1. The molecule has 35 heavy (non-hydrogen) atoms. The number of carbonyl (C=O) groups excluding carboxylic acids is 3. The number of benzene rings is 2. The zero-order chi connectivity index (χ0) is 25.8. The summed E-state index contributed by atoms with van der Waals surface area (Å²) in [7, 11) is 0. The zero-order valence-electron chi connectivity index (χ0n) is 21.3. The Morgan fingerprint density at radius 1 is 0.886 bits per heavy atom. The van der Waals surface area contributed by atoms with Crippen molar-refractivity contribution in [1.29, 1.82) is 0 Å². The van der Waals surface area contributed by atoms with Crippen LogP contribution in [-0.2, 0) is 27.4 Å². The van der Waals surface area contributed by atoms with E-state index in [4.69, 9.17) is 9.47 Å². The Balaban J connectivity index is 2.21. The van der Waals surface area contributed by atoms with E-state index >= 15 is 0 Å². The van der Waals surface area contributed by atoms with Crippen molar-refractivity contribution in [3.63, 3.8) is 0 Å². The number of hydrogen-bond donors (Lipinski definition) is 3. The topological polar surface area (TPSA) is 106 Å². The molecule has 0 fully saturated rings. The summed E-state index contributed by atoms with van der Waals surface area (Å²) < 4.78 is 10.8. The summed E-state index contributed by atoms with van der Waals surface area (Å²) in [5, 5.41) is 8.38.